The number of esters is 1. The van der Waals surface area contributed by atoms with Gasteiger partial charge in [-0.25, -0.2) is 0 Å². The van der Waals surface area contributed by atoms with Crippen LogP contribution in [0.15, 0.2) is 54.6 Å². The molecule has 1 amide bonds. The first-order chi connectivity index (χ1) is 16.6. The summed E-state index contributed by atoms with van der Waals surface area (Å²) in [5.74, 6) is 1.72. The Morgan fingerprint density at radius 2 is 1.71 bits per heavy atom. The molecule has 0 radical (unpaired) electrons. The van der Waals surface area contributed by atoms with E-state index in [2.05, 4.69) is 24.0 Å². The number of hydrogen-bond donors (Lipinski definition) is 0. The fourth-order valence-corrected chi connectivity index (χ4v) is 5.67. The zero-order chi connectivity index (χ0) is 24.2. The Morgan fingerprint density at radius 1 is 0.941 bits per heavy atom. The molecule has 0 spiro atoms. The van der Waals surface area contributed by atoms with Crippen LogP contribution in [-0.2, 0) is 14.3 Å². The fourth-order valence-electron chi connectivity index (χ4n) is 4.15. The minimum Gasteiger partial charge on any atom is -0.466 e. The molecule has 0 N–H and O–H groups in total. The molecular formula is C28H37NO4S. The molecule has 2 aromatic carbocycles. The Labute approximate surface area is 208 Å². The first-order valence-electron chi connectivity index (χ1n) is 12.6. The first kappa shape index (κ1) is 26.1. The number of nitrogens with zero attached hydrogens (tertiary/aromatic N) is 1. The van der Waals surface area contributed by atoms with E-state index in [-0.39, 0.29) is 22.5 Å². The monoisotopic (exact) mass is 483 g/mol. The highest BCUT2D eigenvalue weighted by molar-refractivity contribution is 8.01. The molecule has 1 fully saturated rings. The third-order valence-corrected chi connectivity index (χ3v) is 7.46. The van der Waals surface area contributed by atoms with Gasteiger partial charge in [0.15, 0.2) is 0 Å². The molecule has 2 aromatic rings. The highest BCUT2D eigenvalue weighted by Crippen LogP contribution is 2.45. The second kappa shape index (κ2) is 14.1. The molecule has 5 nitrogen and oxygen atoms in total. The van der Waals surface area contributed by atoms with Crippen LogP contribution in [0.3, 0.4) is 0 Å². The molecule has 34 heavy (non-hydrogen) atoms. The van der Waals surface area contributed by atoms with Crippen molar-refractivity contribution in [3.8, 4) is 11.5 Å². The summed E-state index contributed by atoms with van der Waals surface area (Å²) in [4.78, 5) is 26.8. The van der Waals surface area contributed by atoms with Crippen molar-refractivity contribution in [3.63, 3.8) is 0 Å². The van der Waals surface area contributed by atoms with Crippen molar-refractivity contribution in [2.24, 2.45) is 0 Å². The topological polar surface area (TPSA) is 55.8 Å². The molecule has 184 valence electrons. The van der Waals surface area contributed by atoms with Crippen LogP contribution in [0.2, 0.25) is 0 Å². The van der Waals surface area contributed by atoms with Crippen LogP contribution >= 0.6 is 11.8 Å². The quantitative estimate of drug-likeness (QED) is 0.211. The lowest BCUT2D eigenvalue weighted by molar-refractivity contribution is -0.143. The van der Waals surface area contributed by atoms with E-state index < -0.39 is 0 Å². The number of ether oxygens (including phenoxy) is 2. The summed E-state index contributed by atoms with van der Waals surface area (Å²) in [5, 5.41) is 0.0284. The number of carbonyl (C=O) groups is 2. The summed E-state index contributed by atoms with van der Waals surface area (Å²) in [6.45, 7) is 5.17. The second-order valence-corrected chi connectivity index (χ2v) is 9.90. The van der Waals surface area contributed by atoms with Gasteiger partial charge < -0.3 is 14.4 Å². The fraction of sp³-hybridized carbons (Fsp3) is 0.500. The van der Waals surface area contributed by atoms with Gasteiger partial charge >= 0.3 is 5.97 Å². The van der Waals surface area contributed by atoms with Crippen LogP contribution in [-0.4, -0.2) is 35.2 Å². The number of benzene rings is 2. The Bertz CT molecular complexity index is 904. The summed E-state index contributed by atoms with van der Waals surface area (Å²) in [6.07, 6.45) is 7.30. The van der Waals surface area contributed by atoms with Crippen LogP contribution in [0.25, 0.3) is 0 Å². The molecule has 0 saturated carbocycles. The number of rotatable bonds is 14. The maximum absolute atomic E-state index is 13.3. The lowest BCUT2D eigenvalue weighted by atomic mass is 10.1. The van der Waals surface area contributed by atoms with Crippen molar-refractivity contribution in [2.75, 3.05) is 13.2 Å². The van der Waals surface area contributed by atoms with Gasteiger partial charge in [0.05, 0.1) is 11.9 Å². The molecule has 2 unspecified atom stereocenters. The molecule has 2 atom stereocenters. The average molecular weight is 484 g/mol. The largest absolute Gasteiger partial charge is 0.466 e. The van der Waals surface area contributed by atoms with Gasteiger partial charge in [-0.05, 0) is 56.0 Å². The van der Waals surface area contributed by atoms with Gasteiger partial charge in [0.2, 0.25) is 5.91 Å². The van der Waals surface area contributed by atoms with E-state index in [0.717, 1.165) is 68.6 Å². The molecule has 1 heterocycles. The van der Waals surface area contributed by atoms with Crippen molar-refractivity contribution in [1.29, 1.82) is 0 Å². The molecule has 6 heteroatoms. The van der Waals surface area contributed by atoms with E-state index in [4.69, 9.17) is 9.47 Å². The highest BCUT2D eigenvalue weighted by atomic mass is 32.2. The minimum atomic E-state index is -0.120. The summed E-state index contributed by atoms with van der Waals surface area (Å²) in [6, 6.07) is 17.9. The van der Waals surface area contributed by atoms with Crippen molar-refractivity contribution < 1.29 is 19.1 Å². The van der Waals surface area contributed by atoms with Gasteiger partial charge in [-0.15, -0.1) is 11.8 Å². The van der Waals surface area contributed by atoms with Gasteiger partial charge in [-0.2, -0.15) is 0 Å². The predicted octanol–water partition coefficient (Wildman–Crippen LogP) is 7.13. The number of para-hydroxylation sites is 1. The second-order valence-electron chi connectivity index (χ2n) is 8.61. The summed E-state index contributed by atoms with van der Waals surface area (Å²) < 4.78 is 11.0. The molecular weight excluding hydrogens is 446 g/mol. The zero-order valence-corrected chi connectivity index (χ0v) is 21.2. The van der Waals surface area contributed by atoms with Gasteiger partial charge in [-0.1, -0.05) is 62.9 Å². The molecule has 0 bridgehead atoms. The van der Waals surface area contributed by atoms with E-state index in [1.807, 2.05) is 49.4 Å². The van der Waals surface area contributed by atoms with Gasteiger partial charge in [0, 0.05) is 13.0 Å². The molecule has 1 aliphatic heterocycles. The Balaban J connectivity index is 1.62. The van der Waals surface area contributed by atoms with Gasteiger partial charge in [0.25, 0.3) is 0 Å². The molecule has 0 aromatic heterocycles. The van der Waals surface area contributed by atoms with Crippen LogP contribution in [0, 0.1) is 0 Å². The highest BCUT2D eigenvalue weighted by Gasteiger charge is 2.40. The molecule has 0 aliphatic carbocycles. The lowest BCUT2D eigenvalue weighted by Crippen LogP contribution is -2.32. The third kappa shape index (κ3) is 7.79. The van der Waals surface area contributed by atoms with Crippen molar-refractivity contribution in [2.45, 2.75) is 75.8 Å². The van der Waals surface area contributed by atoms with E-state index in [0.29, 0.717) is 13.0 Å². The van der Waals surface area contributed by atoms with E-state index in [9.17, 15) is 9.59 Å². The number of thioether (sulfide) groups is 1. The van der Waals surface area contributed by atoms with Crippen LogP contribution < -0.4 is 4.74 Å². The van der Waals surface area contributed by atoms with Crippen LogP contribution in [0.1, 0.15) is 76.2 Å². The van der Waals surface area contributed by atoms with E-state index in [1.54, 1.807) is 11.8 Å². The minimum absolute atomic E-state index is 0.00760. The summed E-state index contributed by atoms with van der Waals surface area (Å²) >= 11 is 1.77. The number of unbranched alkanes of at least 4 members (excludes halogenated alkanes) is 4. The smallest absolute Gasteiger partial charge is 0.305 e. The van der Waals surface area contributed by atoms with Crippen molar-refractivity contribution in [1.82, 2.24) is 4.90 Å². The lowest BCUT2D eigenvalue weighted by Gasteiger charge is -2.24. The van der Waals surface area contributed by atoms with Crippen LogP contribution in [0.4, 0.5) is 0 Å². The Morgan fingerprint density at radius 3 is 2.47 bits per heavy atom. The number of amides is 1. The summed E-state index contributed by atoms with van der Waals surface area (Å²) in [7, 11) is 0. The molecule has 3 rings (SSSR count). The maximum Gasteiger partial charge on any atom is 0.305 e. The molecule has 1 aliphatic rings. The summed E-state index contributed by atoms with van der Waals surface area (Å²) in [5.41, 5.74) is 1.10. The zero-order valence-electron chi connectivity index (χ0n) is 20.4. The van der Waals surface area contributed by atoms with Crippen LogP contribution in [0.5, 0.6) is 11.5 Å². The van der Waals surface area contributed by atoms with Crippen molar-refractivity contribution in [3.05, 3.63) is 60.2 Å². The normalized spacial score (nSPS) is 17.7. The number of carbonyl (C=O) groups excluding carboxylic acids is 2. The predicted molar refractivity (Wildman–Crippen MR) is 138 cm³/mol. The number of hydrogen-bond acceptors (Lipinski definition) is 5. The van der Waals surface area contributed by atoms with E-state index >= 15 is 0 Å². The Hall–Kier alpha value is -2.47. The SMILES string of the molecule is CCCCC1SC(c2cccc(Oc3ccccc3)c2)N(CCCCCCC(=O)OCC)C1=O. The standard InChI is InChI=1S/C28H37NO4S/c1-3-5-18-25-27(31)29(20-12-7-6-11-19-26(30)32-4-2)28(34-25)22-14-13-17-24(21-22)33-23-15-9-8-10-16-23/h8-10,13-17,21,25,28H,3-7,11-12,18-20H2,1-2H3. The third-order valence-electron chi connectivity index (χ3n) is 5.91. The maximum atomic E-state index is 13.3. The van der Waals surface area contributed by atoms with Gasteiger partial charge in [0.1, 0.15) is 16.9 Å². The first-order valence-corrected chi connectivity index (χ1v) is 13.5. The van der Waals surface area contributed by atoms with Gasteiger partial charge in [-0.3, -0.25) is 9.59 Å². The van der Waals surface area contributed by atoms with Crippen molar-refractivity contribution >= 4 is 23.6 Å². The molecule has 1 saturated heterocycles. The van der Waals surface area contributed by atoms with E-state index in [1.165, 1.54) is 0 Å². The average Bonchev–Trinajstić information content (AvgIpc) is 3.16. The Kier molecular flexibility index (Phi) is 10.8.